The predicted molar refractivity (Wildman–Crippen MR) is 99.6 cm³/mol. The molecular formula is C16H15ClN4O3S. The standard InChI is InChI=1S/C16H15ClN4O3S/c1-23-10-2-4-11(5-3-10)24-8-14(22)19-9-6-12(17)15-13(7-9)25-16(20-15)21-18/h2-7H,8,18H2,1H3,(H,19,22)(H,20,21). The van der Waals surface area contributed by atoms with Crippen LogP contribution in [-0.4, -0.2) is 24.6 Å². The SMILES string of the molecule is COc1ccc(OCC(=O)Nc2cc(Cl)c3nc(NN)sc3c2)cc1. The second-order valence-electron chi connectivity index (χ2n) is 4.98. The van der Waals surface area contributed by atoms with Gasteiger partial charge in [-0.25, -0.2) is 10.8 Å². The molecule has 3 aromatic rings. The minimum absolute atomic E-state index is 0.125. The molecule has 0 aliphatic heterocycles. The van der Waals surface area contributed by atoms with Crippen LogP contribution in [0.5, 0.6) is 11.5 Å². The molecule has 1 amide bonds. The molecule has 0 bridgehead atoms. The number of amides is 1. The molecule has 0 aliphatic carbocycles. The number of nitrogens with one attached hydrogen (secondary N) is 2. The monoisotopic (exact) mass is 378 g/mol. The molecule has 2 aromatic carbocycles. The van der Waals surface area contributed by atoms with Crippen LogP contribution in [-0.2, 0) is 4.79 Å². The molecule has 9 heteroatoms. The van der Waals surface area contributed by atoms with Crippen molar-refractivity contribution in [1.82, 2.24) is 4.98 Å². The molecule has 1 aromatic heterocycles. The highest BCUT2D eigenvalue weighted by Gasteiger charge is 2.11. The summed E-state index contributed by atoms with van der Waals surface area (Å²) < 4.78 is 11.3. The quantitative estimate of drug-likeness (QED) is 0.450. The lowest BCUT2D eigenvalue weighted by atomic mass is 10.3. The molecule has 0 atom stereocenters. The zero-order valence-corrected chi connectivity index (χ0v) is 14.8. The van der Waals surface area contributed by atoms with Crippen LogP contribution in [0.15, 0.2) is 36.4 Å². The Morgan fingerprint density at radius 2 is 2.00 bits per heavy atom. The van der Waals surface area contributed by atoms with E-state index in [0.717, 1.165) is 10.4 Å². The number of carbonyl (C=O) groups excluding carboxylic acids is 1. The third-order valence-corrected chi connectivity index (χ3v) is 4.51. The summed E-state index contributed by atoms with van der Waals surface area (Å²) in [6.45, 7) is -0.125. The van der Waals surface area contributed by atoms with E-state index in [1.807, 2.05) is 0 Å². The number of nitrogens with zero attached hydrogens (tertiary/aromatic N) is 1. The van der Waals surface area contributed by atoms with Gasteiger partial charge in [-0.1, -0.05) is 22.9 Å². The Bertz CT molecular complexity index is 898. The highest BCUT2D eigenvalue weighted by Crippen LogP contribution is 2.33. The Kier molecular flexibility index (Phi) is 5.22. The van der Waals surface area contributed by atoms with Gasteiger partial charge in [0.15, 0.2) is 11.7 Å². The van der Waals surface area contributed by atoms with Crippen LogP contribution in [0, 0.1) is 0 Å². The number of fused-ring (bicyclic) bond motifs is 1. The fraction of sp³-hybridized carbons (Fsp3) is 0.125. The first kappa shape index (κ1) is 17.3. The number of thiazole rings is 1. The summed E-state index contributed by atoms with van der Waals surface area (Å²) in [5.74, 6) is 6.35. The Hall–Kier alpha value is -2.55. The number of benzene rings is 2. The Morgan fingerprint density at radius 1 is 1.28 bits per heavy atom. The summed E-state index contributed by atoms with van der Waals surface area (Å²) in [7, 11) is 1.58. The Balaban J connectivity index is 1.64. The van der Waals surface area contributed by atoms with Gasteiger partial charge in [0.05, 0.1) is 16.8 Å². The molecule has 0 aliphatic rings. The number of anilines is 2. The van der Waals surface area contributed by atoms with E-state index in [-0.39, 0.29) is 12.5 Å². The van der Waals surface area contributed by atoms with Crippen molar-refractivity contribution in [2.24, 2.45) is 5.84 Å². The lowest BCUT2D eigenvalue weighted by Crippen LogP contribution is -2.20. The topological polar surface area (TPSA) is 98.5 Å². The lowest BCUT2D eigenvalue weighted by Gasteiger charge is -2.08. The first-order valence-corrected chi connectivity index (χ1v) is 8.42. The number of rotatable bonds is 6. The van der Waals surface area contributed by atoms with Gasteiger partial charge in [0.1, 0.15) is 17.0 Å². The number of ether oxygens (including phenoxy) is 2. The van der Waals surface area contributed by atoms with Gasteiger partial charge in [-0.2, -0.15) is 0 Å². The highest BCUT2D eigenvalue weighted by atomic mass is 35.5. The minimum Gasteiger partial charge on any atom is -0.497 e. The summed E-state index contributed by atoms with van der Waals surface area (Å²) in [5.41, 5.74) is 3.68. The minimum atomic E-state index is -0.298. The van der Waals surface area contributed by atoms with Crippen molar-refractivity contribution in [3.8, 4) is 11.5 Å². The average molecular weight is 379 g/mol. The van der Waals surface area contributed by atoms with Gasteiger partial charge in [-0.05, 0) is 36.4 Å². The van der Waals surface area contributed by atoms with E-state index in [1.165, 1.54) is 11.3 Å². The maximum atomic E-state index is 12.1. The van der Waals surface area contributed by atoms with Gasteiger partial charge >= 0.3 is 0 Å². The number of hydrogen-bond donors (Lipinski definition) is 3. The summed E-state index contributed by atoms with van der Waals surface area (Å²) in [6, 6.07) is 10.4. The maximum Gasteiger partial charge on any atom is 0.262 e. The molecule has 25 heavy (non-hydrogen) atoms. The van der Waals surface area contributed by atoms with Gasteiger partial charge in [0.2, 0.25) is 0 Å². The molecule has 0 saturated heterocycles. The second kappa shape index (κ2) is 7.56. The normalized spacial score (nSPS) is 10.5. The number of nitrogen functional groups attached to an aromatic ring is 1. The molecule has 7 nitrogen and oxygen atoms in total. The van der Waals surface area contributed by atoms with Gasteiger partial charge in [0, 0.05) is 5.69 Å². The number of nitrogens with two attached hydrogens (primary N) is 1. The fourth-order valence-corrected chi connectivity index (χ4v) is 3.30. The van der Waals surface area contributed by atoms with Gasteiger partial charge in [-0.3, -0.25) is 10.2 Å². The van der Waals surface area contributed by atoms with Crippen molar-refractivity contribution in [2.75, 3.05) is 24.5 Å². The van der Waals surface area contributed by atoms with Crippen molar-refractivity contribution in [3.63, 3.8) is 0 Å². The summed E-state index contributed by atoms with van der Waals surface area (Å²) in [4.78, 5) is 16.3. The first-order chi connectivity index (χ1) is 12.1. The second-order valence-corrected chi connectivity index (χ2v) is 6.42. The zero-order valence-electron chi connectivity index (χ0n) is 13.2. The van der Waals surface area contributed by atoms with Gasteiger partial charge in [0.25, 0.3) is 5.91 Å². The fourth-order valence-electron chi connectivity index (χ4n) is 2.14. The van der Waals surface area contributed by atoms with Crippen LogP contribution in [0.1, 0.15) is 0 Å². The third-order valence-electron chi connectivity index (χ3n) is 3.29. The molecule has 3 rings (SSSR count). The molecule has 130 valence electrons. The molecule has 4 N–H and O–H groups in total. The van der Waals surface area contributed by atoms with Crippen LogP contribution in [0.25, 0.3) is 10.2 Å². The van der Waals surface area contributed by atoms with E-state index >= 15 is 0 Å². The van der Waals surface area contributed by atoms with E-state index in [1.54, 1.807) is 43.5 Å². The maximum absolute atomic E-state index is 12.1. The largest absolute Gasteiger partial charge is 0.497 e. The smallest absolute Gasteiger partial charge is 0.262 e. The number of aromatic nitrogens is 1. The highest BCUT2D eigenvalue weighted by molar-refractivity contribution is 7.22. The van der Waals surface area contributed by atoms with Crippen molar-refractivity contribution in [3.05, 3.63) is 41.4 Å². The van der Waals surface area contributed by atoms with Crippen molar-refractivity contribution in [2.45, 2.75) is 0 Å². The van der Waals surface area contributed by atoms with Crippen LogP contribution < -0.4 is 26.1 Å². The molecule has 0 unspecified atom stereocenters. The number of hydrogen-bond acceptors (Lipinski definition) is 7. The Labute approximate surface area is 152 Å². The Morgan fingerprint density at radius 3 is 2.68 bits per heavy atom. The third kappa shape index (κ3) is 4.11. The number of carbonyl (C=O) groups is 1. The van der Waals surface area contributed by atoms with E-state index in [9.17, 15) is 4.79 Å². The van der Waals surface area contributed by atoms with E-state index < -0.39 is 0 Å². The summed E-state index contributed by atoms with van der Waals surface area (Å²) in [5, 5.41) is 3.73. The van der Waals surface area contributed by atoms with E-state index in [0.29, 0.717) is 27.1 Å². The first-order valence-electron chi connectivity index (χ1n) is 7.22. The van der Waals surface area contributed by atoms with Crippen LogP contribution in [0.3, 0.4) is 0 Å². The molecule has 1 heterocycles. The van der Waals surface area contributed by atoms with Crippen molar-refractivity contribution < 1.29 is 14.3 Å². The summed E-state index contributed by atoms with van der Waals surface area (Å²) in [6.07, 6.45) is 0. The van der Waals surface area contributed by atoms with Crippen molar-refractivity contribution in [1.29, 1.82) is 0 Å². The van der Waals surface area contributed by atoms with Gasteiger partial charge in [-0.15, -0.1) is 0 Å². The van der Waals surface area contributed by atoms with E-state index in [2.05, 4.69) is 15.7 Å². The predicted octanol–water partition coefficient (Wildman–Crippen LogP) is 3.26. The summed E-state index contributed by atoms with van der Waals surface area (Å²) >= 11 is 7.54. The number of methoxy groups -OCH3 is 1. The van der Waals surface area contributed by atoms with Crippen LogP contribution in [0.4, 0.5) is 10.8 Å². The molecule has 0 spiro atoms. The molecule has 0 saturated carbocycles. The average Bonchev–Trinajstić information content (AvgIpc) is 3.04. The molecular weight excluding hydrogens is 364 g/mol. The van der Waals surface area contributed by atoms with E-state index in [4.69, 9.17) is 26.9 Å². The lowest BCUT2D eigenvalue weighted by molar-refractivity contribution is -0.118. The van der Waals surface area contributed by atoms with Gasteiger partial charge < -0.3 is 14.8 Å². The van der Waals surface area contributed by atoms with Crippen LogP contribution in [0.2, 0.25) is 5.02 Å². The van der Waals surface area contributed by atoms with Crippen molar-refractivity contribution >= 4 is 49.9 Å². The number of hydrazine groups is 1. The molecule has 0 radical (unpaired) electrons. The zero-order chi connectivity index (χ0) is 17.8. The van der Waals surface area contributed by atoms with Crippen LogP contribution >= 0.6 is 22.9 Å². The molecule has 0 fully saturated rings. The number of halogens is 1.